The van der Waals surface area contributed by atoms with Crippen molar-refractivity contribution in [3.05, 3.63) is 89.9 Å². The number of hydrogen-bond donors (Lipinski definition) is 3. The van der Waals surface area contributed by atoms with Crippen molar-refractivity contribution in [2.45, 2.75) is 70.2 Å². The number of alkyl halides is 1. The maximum absolute atomic E-state index is 15.3. The van der Waals surface area contributed by atoms with E-state index in [1.807, 2.05) is 34.9 Å². The van der Waals surface area contributed by atoms with Gasteiger partial charge in [0.2, 0.25) is 0 Å². The van der Waals surface area contributed by atoms with Gasteiger partial charge in [-0.15, -0.1) is 0 Å². The lowest BCUT2D eigenvalue weighted by Crippen LogP contribution is -2.52. The number of imide groups is 1. The van der Waals surface area contributed by atoms with E-state index in [0.717, 1.165) is 36.6 Å². The number of carbonyl (C=O) groups excluding carboxylic acids is 4. The quantitative estimate of drug-likeness (QED) is 0.113. The van der Waals surface area contributed by atoms with E-state index in [9.17, 15) is 23.6 Å². The molecule has 13 nitrogen and oxygen atoms in total. The summed E-state index contributed by atoms with van der Waals surface area (Å²) in [4.78, 5) is 58.2. The second-order valence-corrected chi connectivity index (χ2v) is 15.2. The Hall–Kier alpha value is -5.22. The normalized spacial score (nSPS) is 19.3. The summed E-state index contributed by atoms with van der Waals surface area (Å²) in [6, 6.07) is 10.9. The topological polar surface area (TPSA) is 147 Å². The van der Waals surface area contributed by atoms with Crippen LogP contribution in [0.4, 0.5) is 22.8 Å². The zero-order valence-corrected chi connectivity index (χ0v) is 32.7. The summed E-state index contributed by atoms with van der Waals surface area (Å²) in [5.41, 5.74) is 1.10. The Morgan fingerprint density at radius 1 is 1.02 bits per heavy atom. The average Bonchev–Trinajstić information content (AvgIpc) is 3.92. The average molecular weight is 808 g/mol. The van der Waals surface area contributed by atoms with Gasteiger partial charge in [-0.1, -0.05) is 43.2 Å². The summed E-state index contributed by atoms with van der Waals surface area (Å²) in [5, 5.41) is 8.75. The third-order valence-electron chi connectivity index (χ3n) is 10.8. The van der Waals surface area contributed by atoms with E-state index in [-0.39, 0.29) is 48.7 Å². The van der Waals surface area contributed by atoms with Crippen LogP contribution in [0.25, 0.3) is 11.3 Å². The number of amides is 5. The molecule has 6 rings (SSSR count). The van der Waals surface area contributed by atoms with Crippen molar-refractivity contribution in [2.75, 3.05) is 52.5 Å². The number of hydrogen-bond acceptors (Lipinski definition) is 8. The molecule has 312 valence electrons. The predicted molar refractivity (Wildman–Crippen MR) is 209 cm³/mol. The Labute approximate surface area is 336 Å². The predicted octanol–water partition coefficient (Wildman–Crippen LogP) is 5.51. The molecule has 0 saturated carbocycles. The summed E-state index contributed by atoms with van der Waals surface area (Å²) in [5.74, 6) is -2.11. The first kappa shape index (κ1) is 42.4. The number of halogens is 3. The number of alkyl carbamates (subject to hydrolysis) is 1. The lowest BCUT2D eigenvalue weighted by Gasteiger charge is -2.40. The monoisotopic (exact) mass is 807 g/mol. The Kier molecular flexibility index (Phi) is 15.0. The van der Waals surface area contributed by atoms with Crippen molar-refractivity contribution in [1.29, 1.82) is 0 Å². The Morgan fingerprint density at radius 2 is 1.76 bits per heavy atom. The highest BCUT2D eigenvalue weighted by atomic mass is 19.1. The number of carbonyl (C=O) groups is 4. The smallest absolute Gasteiger partial charge is 0.407 e. The molecule has 0 spiro atoms. The summed E-state index contributed by atoms with van der Waals surface area (Å²) < 4.78 is 58.0. The van der Waals surface area contributed by atoms with Crippen molar-refractivity contribution in [3.63, 3.8) is 0 Å². The van der Waals surface area contributed by atoms with Gasteiger partial charge in [-0.05, 0) is 62.3 Å². The van der Waals surface area contributed by atoms with Gasteiger partial charge in [-0.3, -0.25) is 14.5 Å². The fraction of sp³-hybridized carbons (Fsp3) is 0.500. The molecular formula is C42H52F3N7O6. The van der Waals surface area contributed by atoms with Gasteiger partial charge in [0.25, 0.3) is 11.8 Å². The highest BCUT2D eigenvalue weighted by Crippen LogP contribution is 2.38. The Bertz CT molecular complexity index is 1890. The molecule has 58 heavy (non-hydrogen) atoms. The molecular weight excluding hydrogens is 755 g/mol. The molecule has 0 unspecified atom stereocenters. The molecule has 2 aromatic carbocycles. The number of aromatic nitrogens is 2. The fourth-order valence-electron chi connectivity index (χ4n) is 7.67. The minimum absolute atomic E-state index is 0.0201. The molecule has 3 aliphatic heterocycles. The maximum Gasteiger partial charge on any atom is 0.407 e. The molecule has 0 radical (unpaired) electrons. The van der Waals surface area contributed by atoms with Crippen molar-refractivity contribution >= 4 is 23.9 Å². The molecule has 16 heteroatoms. The van der Waals surface area contributed by atoms with Crippen LogP contribution in [0.3, 0.4) is 0 Å². The Balaban J connectivity index is 1.16. The van der Waals surface area contributed by atoms with Gasteiger partial charge in [0, 0.05) is 82.3 Å². The van der Waals surface area contributed by atoms with Gasteiger partial charge in [0.1, 0.15) is 30.2 Å². The molecule has 3 aromatic rings. The van der Waals surface area contributed by atoms with Crippen LogP contribution >= 0.6 is 0 Å². The SMILES string of the molecule is C[C@@H](COC(=O)NCCCCCCN1C(=O)C=CC1=O)NC(=O)N(C[C@@H]1CNC[C@@H]1F)[C@@H](c1nc(-c2cc(F)ccc2F)cn1Cc1ccccc1)C1CCOCC1. The van der Waals surface area contributed by atoms with Crippen molar-refractivity contribution in [2.24, 2.45) is 11.8 Å². The van der Waals surface area contributed by atoms with Crippen LogP contribution in [0, 0.1) is 23.5 Å². The number of urea groups is 1. The third-order valence-corrected chi connectivity index (χ3v) is 10.8. The van der Waals surface area contributed by atoms with Gasteiger partial charge >= 0.3 is 12.1 Å². The number of nitrogens with zero attached hydrogens (tertiary/aromatic N) is 4. The van der Waals surface area contributed by atoms with Crippen LogP contribution in [-0.2, 0) is 25.6 Å². The number of benzene rings is 2. The summed E-state index contributed by atoms with van der Waals surface area (Å²) >= 11 is 0. The zero-order chi connectivity index (χ0) is 41.0. The molecule has 3 aliphatic rings. The number of imidazole rings is 1. The van der Waals surface area contributed by atoms with E-state index in [1.165, 1.54) is 17.1 Å². The minimum atomic E-state index is -1.20. The molecule has 2 fully saturated rings. The van der Waals surface area contributed by atoms with Crippen LogP contribution in [0.5, 0.6) is 0 Å². The van der Waals surface area contributed by atoms with Crippen LogP contribution < -0.4 is 16.0 Å². The van der Waals surface area contributed by atoms with Crippen LogP contribution in [-0.4, -0.2) is 108 Å². The fourth-order valence-corrected chi connectivity index (χ4v) is 7.67. The highest BCUT2D eigenvalue weighted by Gasteiger charge is 2.40. The molecule has 0 aliphatic carbocycles. The Morgan fingerprint density at radius 3 is 2.48 bits per heavy atom. The van der Waals surface area contributed by atoms with E-state index < -0.39 is 47.9 Å². The van der Waals surface area contributed by atoms with E-state index in [4.69, 9.17) is 14.5 Å². The standard InChI is InChI=1S/C42H52F3N7O6/c1-28(27-58-42(56)47-17-7-2-3-8-18-51-37(53)13-14-38(51)54)48-41(55)52(25-31-22-46-23-35(31)45)39(30-15-19-57-20-16-30)40-49-36(33-21-32(43)11-12-34(33)44)26-50(40)24-29-9-5-4-6-10-29/h4-6,9-14,21,26,28,30-31,35,39,46H,2-3,7-8,15-20,22-25,27H2,1H3,(H,47,56)(H,48,55)/t28-,31-,35-,39+/m0/s1. The summed E-state index contributed by atoms with van der Waals surface area (Å²) in [6.45, 7) is 4.05. The molecule has 0 bridgehead atoms. The largest absolute Gasteiger partial charge is 0.447 e. The number of rotatable bonds is 18. The van der Waals surface area contributed by atoms with Gasteiger partial charge in [0.15, 0.2) is 0 Å². The van der Waals surface area contributed by atoms with Crippen molar-refractivity contribution < 1.29 is 41.8 Å². The van der Waals surface area contributed by atoms with E-state index >= 15 is 8.78 Å². The van der Waals surface area contributed by atoms with Gasteiger partial charge < -0.3 is 34.9 Å². The molecule has 1 aromatic heterocycles. The van der Waals surface area contributed by atoms with Crippen molar-refractivity contribution in [1.82, 2.24) is 35.3 Å². The third kappa shape index (κ3) is 11.2. The second-order valence-electron chi connectivity index (χ2n) is 15.2. The van der Waals surface area contributed by atoms with Gasteiger partial charge in [0.05, 0.1) is 17.8 Å². The first-order valence-electron chi connectivity index (χ1n) is 20.1. The summed E-state index contributed by atoms with van der Waals surface area (Å²) in [6.07, 6.45) is 6.39. The zero-order valence-electron chi connectivity index (χ0n) is 32.7. The van der Waals surface area contributed by atoms with Crippen molar-refractivity contribution in [3.8, 4) is 11.3 Å². The molecule has 5 amide bonds. The molecule has 3 N–H and O–H groups in total. The first-order valence-corrected chi connectivity index (χ1v) is 20.1. The van der Waals surface area contributed by atoms with Crippen LogP contribution in [0.15, 0.2) is 66.9 Å². The lowest BCUT2D eigenvalue weighted by atomic mass is 9.89. The highest BCUT2D eigenvalue weighted by molar-refractivity contribution is 6.12. The van der Waals surface area contributed by atoms with E-state index in [0.29, 0.717) is 70.9 Å². The molecule has 2 saturated heterocycles. The van der Waals surface area contributed by atoms with Crippen LogP contribution in [0.1, 0.15) is 62.9 Å². The van der Waals surface area contributed by atoms with Crippen LogP contribution in [0.2, 0.25) is 0 Å². The van der Waals surface area contributed by atoms with Gasteiger partial charge in [-0.2, -0.15) is 0 Å². The number of unbranched alkanes of at least 4 members (excludes halogenated alkanes) is 3. The number of nitrogens with one attached hydrogen (secondary N) is 3. The minimum Gasteiger partial charge on any atom is -0.447 e. The number of ether oxygens (including phenoxy) is 2. The molecule has 4 atom stereocenters. The van der Waals surface area contributed by atoms with Gasteiger partial charge in [-0.25, -0.2) is 27.7 Å². The van der Waals surface area contributed by atoms with E-state index in [2.05, 4.69) is 16.0 Å². The lowest BCUT2D eigenvalue weighted by molar-refractivity contribution is -0.136. The maximum atomic E-state index is 15.3. The van der Waals surface area contributed by atoms with E-state index in [1.54, 1.807) is 18.0 Å². The summed E-state index contributed by atoms with van der Waals surface area (Å²) in [7, 11) is 0. The molecule has 4 heterocycles. The second kappa shape index (κ2) is 20.5. The first-order chi connectivity index (χ1) is 28.1.